The third kappa shape index (κ3) is 4.56. The summed E-state index contributed by atoms with van der Waals surface area (Å²) in [4.78, 5) is 17.7. The fraction of sp³-hybridized carbons (Fsp3) is 0.435. The summed E-state index contributed by atoms with van der Waals surface area (Å²) in [6, 6.07) is 10.3. The Hall–Kier alpha value is -2.32. The molecule has 146 valence electrons. The van der Waals surface area contributed by atoms with E-state index in [1.54, 1.807) is 0 Å². The Kier molecular flexibility index (Phi) is 6.41. The first-order valence-corrected chi connectivity index (χ1v) is 10.8. The first-order chi connectivity index (χ1) is 13.4. The standard InChI is InChI=1S/C23H27N3OS/c1-5-21(22(27)25-20-11-15(3)6-8-16(20)4)28-23-18(13-24)12-17-10-14(2)7-9-19(17)26-23/h6,8,11-12,14,21H,5,7,9-10H2,1-4H3,(H,25,27). The molecule has 0 radical (unpaired) electrons. The van der Waals surface area contributed by atoms with Crippen LogP contribution in [0.3, 0.4) is 0 Å². The summed E-state index contributed by atoms with van der Waals surface area (Å²) in [6.07, 6.45) is 3.72. The van der Waals surface area contributed by atoms with Gasteiger partial charge in [0, 0.05) is 11.4 Å². The molecule has 0 aliphatic heterocycles. The Labute approximate surface area is 171 Å². The number of anilines is 1. The number of thioether (sulfide) groups is 1. The van der Waals surface area contributed by atoms with Gasteiger partial charge in [-0.3, -0.25) is 4.79 Å². The number of aryl methyl sites for hydroxylation is 3. The average molecular weight is 394 g/mol. The molecule has 5 heteroatoms. The van der Waals surface area contributed by atoms with E-state index in [4.69, 9.17) is 4.98 Å². The monoisotopic (exact) mass is 393 g/mol. The van der Waals surface area contributed by atoms with E-state index in [1.165, 1.54) is 17.3 Å². The molecule has 1 aliphatic rings. The number of amides is 1. The zero-order valence-electron chi connectivity index (χ0n) is 17.0. The number of nitrogens with one attached hydrogen (secondary N) is 1. The molecule has 4 nitrogen and oxygen atoms in total. The first-order valence-electron chi connectivity index (χ1n) is 9.89. The molecule has 0 bridgehead atoms. The van der Waals surface area contributed by atoms with Gasteiger partial charge in [0.05, 0.1) is 10.8 Å². The van der Waals surface area contributed by atoms with Gasteiger partial charge in [-0.05, 0) is 74.3 Å². The van der Waals surface area contributed by atoms with E-state index in [1.807, 2.05) is 45.0 Å². The summed E-state index contributed by atoms with van der Waals surface area (Å²) in [5.74, 6) is 0.587. The second-order valence-electron chi connectivity index (χ2n) is 7.73. The van der Waals surface area contributed by atoms with Gasteiger partial charge in [-0.15, -0.1) is 0 Å². The van der Waals surface area contributed by atoms with Crippen molar-refractivity contribution in [2.24, 2.45) is 5.92 Å². The number of fused-ring (bicyclic) bond motifs is 1. The topological polar surface area (TPSA) is 65.8 Å². The van der Waals surface area contributed by atoms with Crippen LogP contribution in [0.5, 0.6) is 0 Å². The van der Waals surface area contributed by atoms with Gasteiger partial charge in [0.25, 0.3) is 0 Å². The van der Waals surface area contributed by atoms with E-state index in [9.17, 15) is 10.1 Å². The molecule has 2 aromatic rings. The lowest BCUT2D eigenvalue weighted by Gasteiger charge is -2.22. The van der Waals surface area contributed by atoms with Crippen LogP contribution in [-0.2, 0) is 17.6 Å². The highest BCUT2D eigenvalue weighted by atomic mass is 32.2. The Morgan fingerprint density at radius 3 is 2.89 bits per heavy atom. The molecule has 3 rings (SSSR count). The number of carbonyl (C=O) groups excluding carboxylic acids is 1. The molecule has 1 aromatic carbocycles. The lowest BCUT2D eigenvalue weighted by Crippen LogP contribution is -2.25. The summed E-state index contributed by atoms with van der Waals surface area (Å²) in [7, 11) is 0. The molecule has 0 spiro atoms. The van der Waals surface area contributed by atoms with Gasteiger partial charge in [0.1, 0.15) is 11.1 Å². The number of benzene rings is 1. The fourth-order valence-electron chi connectivity index (χ4n) is 3.54. The molecular weight excluding hydrogens is 366 g/mol. The predicted octanol–water partition coefficient (Wildman–Crippen LogP) is 5.20. The van der Waals surface area contributed by atoms with E-state index in [0.717, 1.165) is 41.8 Å². The molecule has 1 N–H and O–H groups in total. The number of nitrogens with zero attached hydrogens (tertiary/aromatic N) is 2. The minimum Gasteiger partial charge on any atom is -0.325 e. The van der Waals surface area contributed by atoms with Crippen LogP contribution < -0.4 is 5.32 Å². The van der Waals surface area contributed by atoms with E-state index in [-0.39, 0.29) is 11.2 Å². The molecule has 28 heavy (non-hydrogen) atoms. The molecule has 2 unspecified atom stereocenters. The van der Waals surface area contributed by atoms with Gasteiger partial charge in [0.2, 0.25) is 5.91 Å². The third-order valence-corrected chi connectivity index (χ3v) is 6.65. The zero-order chi connectivity index (χ0) is 20.3. The summed E-state index contributed by atoms with van der Waals surface area (Å²) in [5.41, 5.74) is 5.85. The summed E-state index contributed by atoms with van der Waals surface area (Å²) in [6.45, 7) is 8.23. The van der Waals surface area contributed by atoms with Crippen molar-refractivity contribution < 1.29 is 4.79 Å². The predicted molar refractivity (Wildman–Crippen MR) is 115 cm³/mol. The lowest BCUT2D eigenvalue weighted by atomic mass is 9.87. The second-order valence-corrected chi connectivity index (χ2v) is 8.92. The molecular formula is C23H27N3OS. The summed E-state index contributed by atoms with van der Waals surface area (Å²) in [5, 5.41) is 13.1. The largest absolute Gasteiger partial charge is 0.325 e. The van der Waals surface area contributed by atoms with Crippen molar-refractivity contribution in [3.8, 4) is 6.07 Å². The van der Waals surface area contributed by atoms with Crippen LogP contribution in [0.25, 0.3) is 0 Å². The Balaban J connectivity index is 1.81. The van der Waals surface area contributed by atoms with Crippen LogP contribution in [-0.4, -0.2) is 16.1 Å². The normalized spacial score (nSPS) is 16.8. The summed E-state index contributed by atoms with van der Waals surface area (Å²) >= 11 is 1.41. The van der Waals surface area contributed by atoms with Crippen LogP contribution in [0, 0.1) is 31.1 Å². The highest BCUT2D eigenvalue weighted by Gasteiger charge is 2.24. The number of hydrogen-bond acceptors (Lipinski definition) is 4. The van der Waals surface area contributed by atoms with Crippen molar-refractivity contribution >= 4 is 23.4 Å². The van der Waals surface area contributed by atoms with Gasteiger partial charge in [-0.25, -0.2) is 4.98 Å². The Morgan fingerprint density at radius 1 is 1.39 bits per heavy atom. The highest BCUT2D eigenvalue weighted by Crippen LogP contribution is 2.32. The fourth-order valence-corrected chi connectivity index (χ4v) is 4.53. The maximum atomic E-state index is 12.9. The van der Waals surface area contributed by atoms with Crippen LogP contribution in [0.1, 0.15) is 54.6 Å². The van der Waals surface area contributed by atoms with Crippen LogP contribution >= 0.6 is 11.8 Å². The van der Waals surface area contributed by atoms with Crippen LogP contribution in [0.15, 0.2) is 29.3 Å². The molecule has 0 saturated carbocycles. The molecule has 2 atom stereocenters. The number of aromatic nitrogens is 1. The number of nitriles is 1. The minimum absolute atomic E-state index is 0.0433. The molecule has 0 fully saturated rings. The van der Waals surface area contributed by atoms with Gasteiger partial charge in [0.15, 0.2) is 0 Å². The van der Waals surface area contributed by atoms with Crippen molar-refractivity contribution in [3.05, 3.63) is 52.2 Å². The van der Waals surface area contributed by atoms with E-state index < -0.39 is 0 Å². The number of rotatable bonds is 5. The maximum absolute atomic E-state index is 12.9. The number of hydrogen-bond donors (Lipinski definition) is 1. The van der Waals surface area contributed by atoms with E-state index in [0.29, 0.717) is 22.9 Å². The van der Waals surface area contributed by atoms with Gasteiger partial charge >= 0.3 is 0 Å². The van der Waals surface area contributed by atoms with Crippen molar-refractivity contribution in [1.29, 1.82) is 5.26 Å². The van der Waals surface area contributed by atoms with Crippen molar-refractivity contribution in [2.45, 2.75) is 63.7 Å². The molecule has 1 aromatic heterocycles. The zero-order valence-corrected chi connectivity index (χ0v) is 17.8. The molecule has 1 amide bonds. The molecule has 0 saturated heterocycles. The van der Waals surface area contributed by atoms with E-state index >= 15 is 0 Å². The number of pyridine rings is 1. The maximum Gasteiger partial charge on any atom is 0.237 e. The minimum atomic E-state index is -0.292. The second kappa shape index (κ2) is 8.79. The SMILES string of the molecule is CCC(Sc1nc2c(cc1C#N)CC(C)CC2)C(=O)Nc1cc(C)ccc1C. The Bertz CT molecular complexity index is 932. The van der Waals surface area contributed by atoms with Gasteiger partial charge in [-0.2, -0.15) is 5.26 Å². The van der Waals surface area contributed by atoms with Crippen LogP contribution in [0.4, 0.5) is 5.69 Å². The highest BCUT2D eigenvalue weighted by molar-refractivity contribution is 8.00. The quantitative estimate of drug-likeness (QED) is 0.709. The lowest BCUT2D eigenvalue weighted by molar-refractivity contribution is -0.115. The summed E-state index contributed by atoms with van der Waals surface area (Å²) < 4.78 is 0. The number of carbonyl (C=O) groups is 1. The van der Waals surface area contributed by atoms with E-state index in [2.05, 4.69) is 18.3 Å². The smallest absolute Gasteiger partial charge is 0.237 e. The first kappa shape index (κ1) is 20.4. The van der Waals surface area contributed by atoms with Gasteiger partial charge < -0.3 is 5.32 Å². The van der Waals surface area contributed by atoms with Gasteiger partial charge in [-0.1, -0.05) is 37.7 Å². The molecule has 1 aliphatic carbocycles. The van der Waals surface area contributed by atoms with Crippen molar-refractivity contribution in [2.75, 3.05) is 5.32 Å². The van der Waals surface area contributed by atoms with Crippen molar-refractivity contribution in [3.63, 3.8) is 0 Å². The third-order valence-electron chi connectivity index (χ3n) is 5.29. The molecule has 1 heterocycles. The van der Waals surface area contributed by atoms with Crippen LogP contribution in [0.2, 0.25) is 0 Å². The Morgan fingerprint density at radius 2 is 2.18 bits per heavy atom. The van der Waals surface area contributed by atoms with Crippen molar-refractivity contribution in [1.82, 2.24) is 4.98 Å². The average Bonchev–Trinajstić information content (AvgIpc) is 2.68.